The molecule has 7 nitrogen and oxygen atoms in total. The van der Waals surface area contributed by atoms with Gasteiger partial charge in [0.05, 0.1) is 5.92 Å². The molecule has 3 N–H and O–H groups in total. The highest BCUT2D eigenvalue weighted by Crippen LogP contribution is 2.40. The standard InChI is InChI=1S/C15H11N3O4/c16-5-10-12(8-2-1-3-18-6-8)14-13(22-15(10)17)11(20)4-9(7-19)21-14/h1-4,6,12,19H,7,17H2/t12-/m1/s1. The molecule has 0 saturated heterocycles. The van der Waals surface area contributed by atoms with Crippen molar-refractivity contribution in [3.8, 4) is 11.8 Å². The van der Waals surface area contributed by atoms with Gasteiger partial charge in [0.1, 0.15) is 24.0 Å². The average Bonchev–Trinajstić information content (AvgIpc) is 2.55. The zero-order valence-electron chi connectivity index (χ0n) is 11.3. The van der Waals surface area contributed by atoms with E-state index in [2.05, 4.69) is 4.98 Å². The van der Waals surface area contributed by atoms with Gasteiger partial charge in [0, 0.05) is 18.5 Å². The van der Waals surface area contributed by atoms with Gasteiger partial charge >= 0.3 is 0 Å². The molecule has 1 atom stereocenters. The number of hydrogen-bond donors (Lipinski definition) is 2. The van der Waals surface area contributed by atoms with Crippen molar-refractivity contribution < 1.29 is 14.3 Å². The summed E-state index contributed by atoms with van der Waals surface area (Å²) in [7, 11) is 0. The molecule has 0 bridgehead atoms. The minimum absolute atomic E-state index is 0.0810. The van der Waals surface area contributed by atoms with Crippen LogP contribution in [0, 0.1) is 11.3 Å². The number of aromatic nitrogens is 1. The smallest absolute Gasteiger partial charge is 0.228 e. The lowest BCUT2D eigenvalue weighted by Gasteiger charge is -2.24. The maximum atomic E-state index is 12.1. The summed E-state index contributed by atoms with van der Waals surface area (Å²) >= 11 is 0. The Morgan fingerprint density at radius 3 is 2.95 bits per heavy atom. The van der Waals surface area contributed by atoms with E-state index in [-0.39, 0.29) is 28.7 Å². The fourth-order valence-electron chi connectivity index (χ4n) is 2.34. The molecule has 0 aromatic carbocycles. The summed E-state index contributed by atoms with van der Waals surface area (Å²) in [6.45, 7) is -0.441. The third-order valence-corrected chi connectivity index (χ3v) is 3.30. The molecule has 0 saturated carbocycles. The van der Waals surface area contributed by atoms with E-state index >= 15 is 0 Å². The molecule has 3 rings (SSSR count). The van der Waals surface area contributed by atoms with Crippen molar-refractivity contribution in [2.75, 3.05) is 0 Å². The van der Waals surface area contributed by atoms with Crippen LogP contribution < -0.4 is 15.9 Å². The molecule has 110 valence electrons. The zero-order chi connectivity index (χ0) is 15.7. The van der Waals surface area contributed by atoms with E-state index in [1.54, 1.807) is 24.5 Å². The summed E-state index contributed by atoms with van der Waals surface area (Å²) in [5.74, 6) is -0.716. The van der Waals surface area contributed by atoms with Crippen LogP contribution in [0.25, 0.3) is 0 Å². The van der Waals surface area contributed by atoms with Crippen LogP contribution in [-0.2, 0) is 6.61 Å². The lowest BCUT2D eigenvalue weighted by Crippen LogP contribution is -2.25. The van der Waals surface area contributed by atoms with Gasteiger partial charge in [-0.05, 0) is 11.6 Å². The highest BCUT2D eigenvalue weighted by atomic mass is 16.5. The number of rotatable bonds is 2. The monoisotopic (exact) mass is 297 g/mol. The molecule has 1 aliphatic heterocycles. The number of hydrogen-bond acceptors (Lipinski definition) is 7. The van der Waals surface area contributed by atoms with Crippen molar-refractivity contribution in [2.45, 2.75) is 12.5 Å². The minimum atomic E-state index is -0.707. The van der Waals surface area contributed by atoms with E-state index in [0.29, 0.717) is 5.56 Å². The first-order valence-corrected chi connectivity index (χ1v) is 6.41. The third kappa shape index (κ3) is 2.12. The lowest BCUT2D eigenvalue weighted by molar-refractivity contribution is 0.231. The number of aliphatic hydroxyl groups excluding tert-OH is 1. The minimum Gasteiger partial charge on any atom is -0.458 e. The Morgan fingerprint density at radius 1 is 1.50 bits per heavy atom. The van der Waals surface area contributed by atoms with Crippen molar-refractivity contribution >= 4 is 0 Å². The van der Waals surface area contributed by atoms with Gasteiger partial charge in [-0.25, -0.2) is 0 Å². The topological polar surface area (TPSA) is 122 Å². The number of nitrogens with zero attached hydrogens (tertiary/aromatic N) is 2. The van der Waals surface area contributed by atoms with Crippen LogP contribution in [0.15, 0.2) is 51.3 Å². The quantitative estimate of drug-likeness (QED) is 0.838. The van der Waals surface area contributed by atoms with Gasteiger partial charge in [0.25, 0.3) is 0 Å². The highest BCUT2D eigenvalue weighted by molar-refractivity contribution is 5.51. The summed E-state index contributed by atoms with van der Waals surface area (Å²) in [5, 5.41) is 18.6. The average molecular weight is 297 g/mol. The lowest BCUT2D eigenvalue weighted by atomic mass is 9.88. The van der Waals surface area contributed by atoms with E-state index in [1.807, 2.05) is 6.07 Å². The van der Waals surface area contributed by atoms with Gasteiger partial charge in [-0.3, -0.25) is 9.78 Å². The molecule has 3 heterocycles. The number of allylic oxidation sites excluding steroid dienone is 1. The molecule has 1 aliphatic rings. The second kappa shape index (κ2) is 5.35. The summed E-state index contributed by atoms with van der Waals surface area (Å²) in [6.07, 6.45) is 3.14. The van der Waals surface area contributed by atoms with Crippen molar-refractivity contribution in [3.63, 3.8) is 0 Å². The van der Waals surface area contributed by atoms with Crippen LogP contribution in [0.2, 0.25) is 0 Å². The summed E-state index contributed by atoms with van der Waals surface area (Å²) in [6, 6.07) is 6.54. The van der Waals surface area contributed by atoms with E-state index in [1.165, 1.54) is 0 Å². The Morgan fingerprint density at radius 2 is 2.32 bits per heavy atom. The zero-order valence-corrected chi connectivity index (χ0v) is 11.3. The second-order valence-electron chi connectivity index (χ2n) is 4.64. The molecular weight excluding hydrogens is 286 g/mol. The fraction of sp³-hybridized carbons (Fsp3) is 0.133. The van der Waals surface area contributed by atoms with Crippen molar-refractivity contribution in [2.24, 2.45) is 5.73 Å². The molecule has 0 fully saturated rings. The summed E-state index contributed by atoms with van der Waals surface area (Å²) in [4.78, 5) is 16.1. The molecule has 0 radical (unpaired) electrons. The Balaban J connectivity index is 2.30. The second-order valence-corrected chi connectivity index (χ2v) is 4.64. The molecule has 7 heteroatoms. The first-order chi connectivity index (χ1) is 10.7. The predicted molar refractivity (Wildman–Crippen MR) is 74.4 cm³/mol. The van der Waals surface area contributed by atoms with Gasteiger partial charge in [-0.15, -0.1) is 0 Å². The molecular formula is C15H11N3O4. The predicted octanol–water partition coefficient (Wildman–Crippen LogP) is 0.745. The van der Waals surface area contributed by atoms with Crippen molar-refractivity contribution in [1.82, 2.24) is 4.98 Å². The molecule has 22 heavy (non-hydrogen) atoms. The maximum Gasteiger partial charge on any atom is 0.228 e. The first-order valence-electron chi connectivity index (χ1n) is 6.41. The molecule has 2 aromatic heterocycles. The molecule has 0 spiro atoms. The Labute approximate surface area is 124 Å². The fourth-order valence-corrected chi connectivity index (χ4v) is 2.34. The van der Waals surface area contributed by atoms with Crippen LogP contribution in [-0.4, -0.2) is 10.1 Å². The Hall–Kier alpha value is -3.11. The van der Waals surface area contributed by atoms with E-state index in [0.717, 1.165) is 6.07 Å². The normalized spacial score (nSPS) is 16.6. The van der Waals surface area contributed by atoms with Gasteiger partial charge in [0.15, 0.2) is 5.76 Å². The number of nitriles is 1. The van der Waals surface area contributed by atoms with Crippen LogP contribution >= 0.6 is 0 Å². The third-order valence-electron chi connectivity index (χ3n) is 3.30. The van der Waals surface area contributed by atoms with Crippen molar-refractivity contribution in [3.05, 3.63) is 69.4 Å². The first kappa shape index (κ1) is 13.9. The number of aliphatic hydroxyl groups is 1. The van der Waals surface area contributed by atoms with Crippen LogP contribution in [0.3, 0.4) is 0 Å². The van der Waals surface area contributed by atoms with Gasteiger partial charge < -0.3 is 20.0 Å². The summed E-state index contributed by atoms with van der Waals surface area (Å²) in [5.41, 5.74) is 6.04. The highest BCUT2D eigenvalue weighted by Gasteiger charge is 2.35. The molecule has 0 aliphatic carbocycles. The number of pyridine rings is 1. The largest absolute Gasteiger partial charge is 0.458 e. The van der Waals surface area contributed by atoms with Gasteiger partial charge in [-0.2, -0.15) is 5.26 Å². The van der Waals surface area contributed by atoms with Crippen LogP contribution in [0.4, 0.5) is 0 Å². The summed E-state index contributed by atoms with van der Waals surface area (Å²) < 4.78 is 10.8. The molecule has 0 unspecified atom stereocenters. The van der Waals surface area contributed by atoms with E-state index in [9.17, 15) is 15.2 Å². The number of ether oxygens (including phenoxy) is 1. The molecule has 2 aromatic rings. The maximum absolute atomic E-state index is 12.1. The Bertz CT molecular complexity index is 849. The SMILES string of the molecule is N#CC1=C(N)Oc2c(oc(CO)cc2=O)[C@@H]1c1cccnc1. The van der Waals surface area contributed by atoms with Crippen molar-refractivity contribution in [1.29, 1.82) is 5.26 Å². The van der Waals surface area contributed by atoms with E-state index < -0.39 is 18.0 Å². The van der Waals surface area contributed by atoms with Crippen LogP contribution in [0.5, 0.6) is 5.75 Å². The van der Waals surface area contributed by atoms with E-state index in [4.69, 9.17) is 14.9 Å². The number of fused-ring (bicyclic) bond motifs is 1. The Kier molecular flexibility index (Phi) is 3.37. The van der Waals surface area contributed by atoms with Gasteiger partial charge in [0.2, 0.25) is 17.1 Å². The number of nitrogens with two attached hydrogens (primary N) is 1. The molecule has 0 amide bonds. The van der Waals surface area contributed by atoms with Crippen LogP contribution in [0.1, 0.15) is 23.0 Å². The van der Waals surface area contributed by atoms with Gasteiger partial charge in [-0.1, -0.05) is 6.07 Å².